The van der Waals surface area contributed by atoms with Crippen molar-refractivity contribution < 1.29 is 32.9 Å². The van der Waals surface area contributed by atoms with Gasteiger partial charge in [-0.15, -0.1) is 8.78 Å². The Morgan fingerprint density at radius 2 is 2.16 bits per heavy atom. The maximum atomic E-state index is 13.1. The van der Waals surface area contributed by atoms with Crippen molar-refractivity contribution in [1.82, 2.24) is 0 Å². The summed E-state index contributed by atoms with van der Waals surface area (Å²) in [5.41, 5.74) is 0.0200. The molecule has 1 aromatic rings. The van der Waals surface area contributed by atoms with Crippen molar-refractivity contribution >= 4 is 5.97 Å². The summed E-state index contributed by atoms with van der Waals surface area (Å²) in [5.74, 6) is -1.62. The largest absolute Gasteiger partial charge is 0.586 e. The Morgan fingerprint density at radius 3 is 2.79 bits per heavy atom. The minimum absolute atomic E-state index is 0.105. The van der Waals surface area contributed by atoms with Crippen LogP contribution in [0.15, 0.2) is 12.1 Å². The number of hydrogen-bond donors (Lipinski definition) is 1. The van der Waals surface area contributed by atoms with E-state index in [1.807, 2.05) is 0 Å². The molecular formula is C12H10F2O5. The molecule has 0 unspecified atom stereocenters. The Kier molecular flexibility index (Phi) is 2.60. The van der Waals surface area contributed by atoms with Crippen LogP contribution in [0.3, 0.4) is 0 Å². The number of halogens is 2. The zero-order valence-electron chi connectivity index (χ0n) is 9.69. The highest BCUT2D eigenvalue weighted by molar-refractivity contribution is 5.91. The third-order valence-electron chi connectivity index (χ3n) is 3.09. The number of carbonyl (C=O) groups is 1. The molecule has 0 aliphatic carbocycles. The molecule has 2 heterocycles. The first kappa shape index (κ1) is 12.2. The molecule has 19 heavy (non-hydrogen) atoms. The van der Waals surface area contributed by atoms with Gasteiger partial charge in [0.25, 0.3) is 0 Å². The van der Waals surface area contributed by atoms with E-state index in [0.29, 0.717) is 13.0 Å². The predicted octanol–water partition coefficient (Wildman–Crippen LogP) is 2.56. The third-order valence-corrected chi connectivity index (χ3v) is 3.09. The summed E-state index contributed by atoms with van der Waals surface area (Å²) in [6.07, 6.45) is -3.03. The standard InChI is InChI=1S/C12H10F2O5/c13-12(14)18-8-4-3-6(11(15)16)9(10(8)19-12)7-2-1-5-17-7/h3-4,7H,1-2,5H2,(H,15,16)/t7-/m1/s1. The van der Waals surface area contributed by atoms with Crippen molar-refractivity contribution in [2.45, 2.75) is 25.2 Å². The average Bonchev–Trinajstić information content (AvgIpc) is 2.91. The molecule has 102 valence electrons. The van der Waals surface area contributed by atoms with Gasteiger partial charge in [0.05, 0.1) is 11.7 Å². The zero-order chi connectivity index (χ0) is 13.6. The van der Waals surface area contributed by atoms with Crippen molar-refractivity contribution in [3.8, 4) is 11.5 Å². The summed E-state index contributed by atoms with van der Waals surface area (Å²) in [6, 6.07) is 2.39. The Morgan fingerprint density at radius 1 is 1.37 bits per heavy atom. The minimum atomic E-state index is -3.77. The van der Waals surface area contributed by atoms with Crippen LogP contribution in [0.1, 0.15) is 34.9 Å². The van der Waals surface area contributed by atoms with Crippen LogP contribution in [-0.4, -0.2) is 24.0 Å². The van der Waals surface area contributed by atoms with Gasteiger partial charge in [-0.1, -0.05) is 0 Å². The first-order valence-corrected chi connectivity index (χ1v) is 5.75. The van der Waals surface area contributed by atoms with E-state index in [9.17, 15) is 13.6 Å². The first-order chi connectivity index (χ1) is 8.98. The van der Waals surface area contributed by atoms with Gasteiger partial charge in [0.2, 0.25) is 0 Å². The highest BCUT2D eigenvalue weighted by atomic mass is 19.3. The lowest BCUT2D eigenvalue weighted by Gasteiger charge is -2.15. The fraction of sp³-hybridized carbons (Fsp3) is 0.417. The third kappa shape index (κ3) is 1.99. The molecule has 1 atom stereocenters. The fourth-order valence-corrected chi connectivity index (χ4v) is 2.34. The second-order valence-electron chi connectivity index (χ2n) is 4.33. The second-order valence-corrected chi connectivity index (χ2v) is 4.33. The Bertz CT molecular complexity index is 537. The highest BCUT2D eigenvalue weighted by Gasteiger charge is 2.46. The topological polar surface area (TPSA) is 65.0 Å². The molecule has 0 bridgehead atoms. The lowest BCUT2D eigenvalue weighted by molar-refractivity contribution is -0.287. The van der Waals surface area contributed by atoms with Crippen LogP contribution in [-0.2, 0) is 4.74 Å². The highest BCUT2D eigenvalue weighted by Crippen LogP contribution is 2.49. The van der Waals surface area contributed by atoms with Gasteiger partial charge in [0.15, 0.2) is 11.5 Å². The number of aromatic carboxylic acids is 1. The zero-order valence-corrected chi connectivity index (χ0v) is 9.69. The van der Waals surface area contributed by atoms with E-state index in [-0.39, 0.29) is 22.6 Å². The molecule has 1 fully saturated rings. The first-order valence-electron chi connectivity index (χ1n) is 5.75. The van der Waals surface area contributed by atoms with Gasteiger partial charge < -0.3 is 19.3 Å². The van der Waals surface area contributed by atoms with Gasteiger partial charge in [0.1, 0.15) is 0 Å². The van der Waals surface area contributed by atoms with Gasteiger partial charge >= 0.3 is 12.3 Å². The van der Waals surface area contributed by atoms with Crippen LogP contribution in [0.5, 0.6) is 11.5 Å². The SMILES string of the molecule is O=C(O)c1ccc2c(c1[C@H]1CCCO1)OC(F)(F)O2. The molecular weight excluding hydrogens is 262 g/mol. The number of hydrogen-bond acceptors (Lipinski definition) is 4. The molecule has 2 aliphatic heterocycles. The van der Waals surface area contributed by atoms with E-state index in [2.05, 4.69) is 9.47 Å². The molecule has 1 saturated heterocycles. The number of rotatable bonds is 2. The van der Waals surface area contributed by atoms with E-state index in [1.165, 1.54) is 6.07 Å². The quantitative estimate of drug-likeness (QED) is 0.896. The Labute approximate surface area is 106 Å². The van der Waals surface area contributed by atoms with E-state index in [4.69, 9.17) is 9.84 Å². The van der Waals surface area contributed by atoms with E-state index in [0.717, 1.165) is 12.5 Å². The predicted molar refractivity (Wildman–Crippen MR) is 57.5 cm³/mol. The second kappa shape index (κ2) is 4.06. The summed E-state index contributed by atoms with van der Waals surface area (Å²) in [7, 11) is 0. The number of fused-ring (bicyclic) bond motifs is 1. The summed E-state index contributed by atoms with van der Waals surface area (Å²) in [5, 5.41) is 9.15. The lowest BCUT2D eigenvalue weighted by Crippen LogP contribution is -2.26. The molecule has 0 radical (unpaired) electrons. The minimum Gasteiger partial charge on any atom is -0.478 e. The lowest BCUT2D eigenvalue weighted by atomic mass is 9.98. The van der Waals surface area contributed by atoms with E-state index < -0.39 is 18.4 Å². The Hall–Kier alpha value is -1.89. The van der Waals surface area contributed by atoms with Gasteiger partial charge in [-0.25, -0.2) is 4.79 Å². The van der Waals surface area contributed by atoms with Crippen molar-refractivity contribution in [2.75, 3.05) is 6.61 Å². The van der Waals surface area contributed by atoms with E-state index in [1.54, 1.807) is 0 Å². The van der Waals surface area contributed by atoms with E-state index >= 15 is 0 Å². The molecule has 0 aromatic heterocycles. The number of carboxylic acids is 1. The number of ether oxygens (including phenoxy) is 3. The summed E-state index contributed by atoms with van der Waals surface area (Å²) in [4.78, 5) is 11.2. The summed E-state index contributed by atoms with van der Waals surface area (Å²) in [6.45, 7) is 0.463. The molecule has 1 aromatic carbocycles. The van der Waals surface area contributed by atoms with Gasteiger partial charge in [0, 0.05) is 12.2 Å². The van der Waals surface area contributed by atoms with Gasteiger partial charge in [-0.2, -0.15) is 0 Å². The molecule has 3 rings (SSSR count). The molecule has 2 aliphatic rings. The molecule has 0 amide bonds. The van der Waals surface area contributed by atoms with Crippen LogP contribution >= 0.6 is 0 Å². The summed E-state index contributed by atoms with van der Waals surface area (Å²) >= 11 is 0. The summed E-state index contributed by atoms with van der Waals surface area (Å²) < 4.78 is 40.3. The molecule has 5 nitrogen and oxygen atoms in total. The number of benzene rings is 1. The smallest absolute Gasteiger partial charge is 0.478 e. The number of alkyl halides is 2. The normalized spacial score (nSPS) is 23.6. The van der Waals surface area contributed by atoms with Crippen LogP contribution in [0.2, 0.25) is 0 Å². The molecule has 1 N–H and O–H groups in total. The van der Waals surface area contributed by atoms with Crippen LogP contribution in [0, 0.1) is 0 Å². The fourth-order valence-electron chi connectivity index (χ4n) is 2.34. The van der Waals surface area contributed by atoms with Crippen molar-refractivity contribution in [3.63, 3.8) is 0 Å². The Balaban J connectivity index is 2.13. The van der Waals surface area contributed by atoms with Crippen molar-refractivity contribution in [2.24, 2.45) is 0 Å². The molecule has 0 spiro atoms. The maximum Gasteiger partial charge on any atom is 0.586 e. The van der Waals surface area contributed by atoms with Crippen molar-refractivity contribution in [3.05, 3.63) is 23.3 Å². The molecule has 7 heteroatoms. The van der Waals surface area contributed by atoms with Crippen LogP contribution in [0.4, 0.5) is 8.78 Å². The maximum absolute atomic E-state index is 13.1. The van der Waals surface area contributed by atoms with Crippen LogP contribution in [0.25, 0.3) is 0 Å². The van der Waals surface area contributed by atoms with Gasteiger partial charge in [-0.05, 0) is 25.0 Å². The van der Waals surface area contributed by atoms with Crippen molar-refractivity contribution in [1.29, 1.82) is 0 Å². The van der Waals surface area contributed by atoms with Crippen LogP contribution < -0.4 is 9.47 Å². The molecule has 0 saturated carbocycles. The monoisotopic (exact) mass is 272 g/mol. The average molecular weight is 272 g/mol. The van der Waals surface area contributed by atoms with Gasteiger partial charge in [-0.3, -0.25) is 0 Å². The number of carboxylic acid groups (broad SMARTS) is 1.